The number of hydrogen-bond donors (Lipinski definition) is 2. The fourth-order valence-electron chi connectivity index (χ4n) is 4.00. The van der Waals surface area contributed by atoms with E-state index in [1.165, 1.54) is 37.5 Å². The summed E-state index contributed by atoms with van der Waals surface area (Å²) < 4.78 is 35.4. The maximum atomic E-state index is 12.2. The Balaban J connectivity index is 0.000000216. The van der Waals surface area contributed by atoms with E-state index in [9.17, 15) is 22.8 Å². The Hall–Kier alpha value is -3.03. The van der Waals surface area contributed by atoms with E-state index in [1.807, 2.05) is 4.90 Å². The Morgan fingerprint density at radius 2 is 1.50 bits per heavy atom. The van der Waals surface area contributed by atoms with E-state index in [1.54, 1.807) is 24.3 Å². The molecule has 4 rings (SSSR count). The maximum absolute atomic E-state index is 12.2. The van der Waals surface area contributed by atoms with Crippen molar-refractivity contribution in [2.45, 2.75) is 25.4 Å². The summed E-state index contributed by atoms with van der Waals surface area (Å²) in [5, 5.41) is 11.8. The lowest BCUT2D eigenvalue weighted by Crippen LogP contribution is -2.34. The van der Waals surface area contributed by atoms with Crippen molar-refractivity contribution in [2.75, 3.05) is 18.4 Å². The van der Waals surface area contributed by atoms with Gasteiger partial charge < -0.3 is 15.3 Å². The van der Waals surface area contributed by atoms with Crippen LogP contribution >= 0.6 is 0 Å². The molecule has 0 unspecified atom stereocenters. The lowest BCUT2D eigenvalue weighted by molar-refractivity contribution is -0.137. The van der Waals surface area contributed by atoms with Crippen LogP contribution in [-0.2, 0) is 6.18 Å². The first-order chi connectivity index (χ1) is 14.3. The van der Waals surface area contributed by atoms with E-state index in [2.05, 4.69) is 5.32 Å². The van der Waals surface area contributed by atoms with Crippen LogP contribution in [0, 0.1) is 11.8 Å². The number of aromatic carboxylic acids is 1. The molecule has 2 aromatic carbocycles. The number of carbonyl (C=O) groups excluding carboxylic acids is 1. The molecule has 1 aliphatic heterocycles. The molecule has 2 aromatic rings. The summed E-state index contributed by atoms with van der Waals surface area (Å²) in [5.41, 5.74) is -0.114. The van der Waals surface area contributed by atoms with Crippen molar-refractivity contribution in [2.24, 2.45) is 11.8 Å². The third-order valence-electron chi connectivity index (χ3n) is 5.51. The number of benzene rings is 2. The van der Waals surface area contributed by atoms with E-state index in [0.717, 1.165) is 25.2 Å². The molecule has 160 valence electrons. The second-order valence-electron chi connectivity index (χ2n) is 7.50. The van der Waals surface area contributed by atoms with E-state index in [0.29, 0.717) is 17.5 Å². The molecule has 1 saturated heterocycles. The van der Waals surface area contributed by atoms with Crippen LogP contribution in [0.4, 0.5) is 23.7 Å². The first kappa shape index (κ1) is 21.7. The summed E-state index contributed by atoms with van der Waals surface area (Å²) in [7, 11) is 0. The van der Waals surface area contributed by atoms with E-state index < -0.39 is 17.7 Å². The Kier molecular flexibility index (Phi) is 6.64. The van der Waals surface area contributed by atoms with Crippen LogP contribution in [0.25, 0.3) is 0 Å². The van der Waals surface area contributed by atoms with Gasteiger partial charge in [0, 0.05) is 13.1 Å². The smallest absolute Gasteiger partial charge is 0.416 e. The molecule has 8 heteroatoms. The lowest BCUT2D eigenvalue weighted by Gasteiger charge is -2.18. The molecule has 0 bridgehead atoms. The number of amides is 2. The molecule has 1 saturated carbocycles. The molecule has 2 amide bonds. The number of likely N-dealkylation sites (tertiary alicyclic amines) is 1. The van der Waals surface area contributed by atoms with Gasteiger partial charge in [-0.15, -0.1) is 0 Å². The number of para-hydroxylation sites is 1. The van der Waals surface area contributed by atoms with E-state index >= 15 is 0 Å². The van der Waals surface area contributed by atoms with Gasteiger partial charge in [0.05, 0.1) is 16.8 Å². The number of rotatable bonds is 2. The molecule has 2 atom stereocenters. The average Bonchev–Trinajstić information content (AvgIpc) is 3.31. The minimum Gasteiger partial charge on any atom is -0.478 e. The van der Waals surface area contributed by atoms with Gasteiger partial charge in [-0.25, -0.2) is 9.59 Å². The molecular formula is C22H23F3N2O3. The Bertz CT molecular complexity index is 875. The van der Waals surface area contributed by atoms with Crippen LogP contribution in [0.15, 0.2) is 54.6 Å². The highest BCUT2D eigenvalue weighted by atomic mass is 19.4. The Morgan fingerprint density at radius 1 is 0.933 bits per heavy atom. The van der Waals surface area contributed by atoms with Crippen LogP contribution in [-0.4, -0.2) is 35.1 Å². The zero-order valence-electron chi connectivity index (χ0n) is 16.2. The van der Waals surface area contributed by atoms with Crippen molar-refractivity contribution < 1.29 is 27.9 Å². The summed E-state index contributed by atoms with van der Waals surface area (Å²) in [6.45, 7) is 1.59. The number of anilines is 1. The summed E-state index contributed by atoms with van der Waals surface area (Å²) in [6.07, 6.45) is -0.520. The Labute approximate surface area is 172 Å². The maximum Gasteiger partial charge on any atom is 0.416 e. The predicted molar refractivity (Wildman–Crippen MR) is 106 cm³/mol. The van der Waals surface area contributed by atoms with Crippen LogP contribution < -0.4 is 5.32 Å². The molecule has 1 aliphatic carbocycles. The number of carboxylic acid groups (broad SMARTS) is 1. The monoisotopic (exact) mass is 420 g/mol. The molecule has 2 fully saturated rings. The van der Waals surface area contributed by atoms with Gasteiger partial charge in [-0.3, -0.25) is 0 Å². The van der Waals surface area contributed by atoms with Gasteiger partial charge in [0.25, 0.3) is 0 Å². The van der Waals surface area contributed by atoms with Gasteiger partial charge in [-0.05, 0) is 36.8 Å². The number of fused-ring (bicyclic) bond motifs is 1. The van der Waals surface area contributed by atoms with Crippen molar-refractivity contribution in [3.8, 4) is 0 Å². The highest BCUT2D eigenvalue weighted by molar-refractivity contribution is 6.00. The largest absolute Gasteiger partial charge is 0.478 e. The number of hydrogen-bond acceptors (Lipinski definition) is 2. The number of urea groups is 1. The van der Waals surface area contributed by atoms with Gasteiger partial charge in [0.1, 0.15) is 0 Å². The topological polar surface area (TPSA) is 69.6 Å². The summed E-state index contributed by atoms with van der Waals surface area (Å²) in [5.74, 6) is 0.241. The van der Waals surface area contributed by atoms with Gasteiger partial charge in [-0.1, -0.05) is 48.9 Å². The minimum absolute atomic E-state index is 0.125. The number of carboxylic acids is 1. The average molecular weight is 420 g/mol. The zero-order chi connectivity index (χ0) is 21.7. The molecular weight excluding hydrogens is 397 g/mol. The van der Waals surface area contributed by atoms with Gasteiger partial charge >= 0.3 is 18.2 Å². The second-order valence-corrected chi connectivity index (χ2v) is 7.50. The van der Waals surface area contributed by atoms with E-state index in [-0.39, 0.29) is 11.6 Å². The first-order valence-electron chi connectivity index (χ1n) is 9.76. The van der Waals surface area contributed by atoms with Crippen LogP contribution in [0.3, 0.4) is 0 Å². The molecule has 2 aliphatic rings. The van der Waals surface area contributed by atoms with Crippen molar-refractivity contribution in [1.82, 2.24) is 4.90 Å². The van der Waals surface area contributed by atoms with Crippen molar-refractivity contribution in [3.05, 3.63) is 65.7 Å². The van der Waals surface area contributed by atoms with E-state index in [4.69, 9.17) is 5.11 Å². The number of carbonyl (C=O) groups is 2. The van der Waals surface area contributed by atoms with Crippen LogP contribution in [0.2, 0.25) is 0 Å². The molecule has 0 radical (unpaired) electrons. The second kappa shape index (κ2) is 9.19. The van der Waals surface area contributed by atoms with Gasteiger partial charge in [-0.2, -0.15) is 13.2 Å². The zero-order valence-corrected chi connectivity index (χ0v) is 16.2. The van der Waals surface area contributed by atoms with Crippen LogP contribution in [0.1, 0.15) is 35.2 Å². The normalized spacial score (nSPS) is 20.2. The third-order valence-corrected chi connectivity index (χ3v) is 5.51. The SMILES string of the molecule is FC(F)(F)c1ccccc1.O=C(O)c1ccccc1NC(=O)N1C[C@H]2CCC[C@H]2C1. The van der Waals surface area contributed by atoms with Gasteiger partial charge in [0.2, 0.25) is 0 Å². The minimum atomic E-state index is -4.21. The van der Waals surface area contributed by atoms with Crippen molar-refractivity contribution in [3.63, 3.8) is 0 Å². The highest BCUT2D eigenvalue weighted by Crippen LogP contribution is 2.37. The van der Waals surface area contributed by atoms with Crippen molar-refractivity contribution in [1.29, 1.82) is 0 Å². The molecule has 0 spiro atoms. The number of alkyl halides is 3. The first-order valence-corrected chi connectivity index (χ1v) is 9.76. The number of nitrogens with zero attached hydrogens (tertiary/aromatic N) is 1. The molecule has 2 N–H and O–H groups in total. The molecule has 1 heterocycles. The Morgan fingerprint density at radius 3 is 2.03 bits per heavy atom. The predicted octanol–water partition coefficient (Wildman–Crippen LogP) is 5.35. The fourth-order valence-corrected chi connectivity index (χ4v) is 4.00. The highest BCUT2D eigenvalue weighted by Gasteiger charge is 2.38. The van der Waals surface area contributed by atoms with Crippen LogP contribution in [0.5, 0.6) is 0 Å². The van der Waals surface area contributed by atoms with Gasteiger partial charge in [0.15, 0.2) is 0 Å². The molecule has 5 nitrogen and oxygen atoms in total. The quantitative estimate of drug-likeness (QED) is 0.688. The molecule has 30 heavy (non-hydrogen) atoms. The number of halogens is 3. The third kappa shape index (κ3) is 5.31. The lowest BCUT2D eigenvalue weighted by atomic mass is 10.0. The summed E-state index contributed by atoms with van der Waals surface area (Å²) in [6, 6.07) is 12.7. The summed E-state index contributed by atoms with van der Waals surface area (Å²) >= 11 is 0. The molecule has 0 aromatic heterocycles. The fraction of sp³-hybridized carbons (Fsp3) is 0.364. The summed E-state index contributed by atoms with van der Waals surface area (Å²) in [4.78, 5) is 25.2. The number of nitrogens with one attached hydrogen (secondary N) is 1. The van der Waals surface area contributed by atoms with Crippen molar-refractivity contribution >= 4 is 17.7 Å². The standard InChI is InChI=1S/C15H18N2O3.C7H5F3/c18-14(19)12-6-1-2-7-13(12)16-15(20)17-8-10-4-3-5-11(10)9-17;8-7(9,10)6-4-2-1-3-5-6/h1-2,6-7,10-11H,3-5,8-9H2,(H,16,20)(H,18,19);1-5H/t10-,11+;.